The molecule has 49 heavy (non-hydrogen) atoms. The van der Waals surface area contributed by atoms with E-state index in [4.69, 9.17) is 28.4 Å². The van der Waals surface area contributed by atoms with Gasteiger partial charge in [0.2, 0.25) is 17.8 Å². The highest BCUT2D eigenvalue weighted by molar-refractivity contribution is 5.86. The zero-order valence-corrected chi connectivity index (χ0v) is 27.9. The van der Waals surface area contributed by atoms with Crippen molar-refractivity contribution in [3.63, 3.8) is 0 Å². The van der Waals surface area contributed by atoms with Gasteiger partial charge in [0, 0.05) is 44.0 Å². The van der Waals surface area contributed by atoms with Crippen molar-refractivity contribution in [3.8, 4) is 11.5 Å². The molecular weight excluding hydrogens is 636 g/mol. The summed E-state index contributed by atoms with van der Waals surface area (Å²) >= 11 is 0. The zero-order chi connectivity index (χ0) is 34.7. The minimum atomic E-state index is -1.42. The standard InChI is InChI=1S/C36H40N2O11/c1-34(2)48-24(32(41)49-34)19-26(39)37-16-13-27(40)46-29(20-8-6-5-7-9-20)33(42)45-23-12-14-36(43)25-18-21-10-11-22(44-4)30-28(21)35(36,31(23)47-30)15-17-38(25)3/h5-12,24-25,29,31,43H,13-19H2,1-4H3,(H,37,39)/t24-,25+,29+,31?,35-,36+/m0/s1. The molecule has 7 rings (SSSR count). The van der Waals surface area contributed by atoms with Gasteiger partial charge in [-0.3, -0.25) is 9.59 Å². The normalized spacial score (nSPS) is 29.4. The van der Waals surface area contributed by atoms with E-state index in [2.05, 4.69) is 10.2 Å². The van der Waals surface area contributed by atoms with Crippen LogP contribution >= 0.6 is 0 Å². The van der Waals surface area contributed by atoms with Crippen molar-refractivity contribution in [1.29, 1.82) is 0 Å². The van der Waals surface area contributed by atoms with E-state index in [0.717, 1.165) is 11.1 Å². The Morgan fingerprint density at radius 2 is 1.92 bits per heavy atom. The second kappa shape index (κ2) is 12.1. The van der Waals surface area contributed by atoms with Gasteiger partial charge in [0.15, 0.2) is 23.7 Å². The molecular formula is C36H40N2O11. The number of hydrogen-bond donors (Lipinski definition) is 2. The molecule has 2 aromatic rings. The summed E-state index contributed by atoms with van der Waals surface area (Å²) in [5, 5.41) is 15.0. The summed E-state index contributed by atoms with van der Waals surface area (Å²) in [5.41, 5.74) is 0.306. The van der Waals surface area contributed by atoms with Gasteiger partial charge in [-0.25, -0.2) is 9.59 Å². The van der Waals surface area contributed by atoms with Crippen LogP contribution in [0.25, 0.3) is 0 Å². The van der Waals surface area contributed by atoms with E-state index in [1.165, 1.54) is 0 Å². The predicted octanol–water partition coefficient (Wildman–Crippen LogP) is 2.38. The molecule has 1 amide bonds. The van der Waals surface area contributed by atoms with Crippen molar-refractivity contribution >= 4 is 23.8 Å². The molecule has 13 heteroatoms. The van der Waals surface area contributed by atoms with E-state index >= 15 is 0 Å². The van der Waals surface area contributed by atoms with Crippen LogP contribution in [0.2, 0.25) is 0 Å². The number of cyclic esters (lactones) is 1. The third-order valence-corrected chi connectivity index (χ3v) is 10.4. The highest BCUT2D eigenvalue weighted by Crippen LogP contribution is 2.65. The van der Waals surface area contributed by atoms with E-state index in [0.29, 0.717) is 36.4 Å². The molecule has 2 N–H and O–H groups in total. The van der Waals surface area contributed by atoms with E-state index in [-0.39, 0.29) is 37.6 Å². The number of likely N-dealkylation sites (tertiary alicyclic amines) is 1. The van der Waals surface area contributed by atoms with Gasteiger partial charge in [-0.1, -0.05) is 36.4 Å². The second-order valence-electron chi connectivity index (χ2n) is 13.7. The van der Waals surface area contributed by atoms with Gasteiger partial charge in [0.1, 0.15) is 5.76 Å². The lowest BCUT2D eigenvalue weighted by Crippen LogP contribution is -2.74. The molecule has 2 fully saturated rings. The summed E-state index contributed by atoms with van der Waals surface area (Å²) < 4.78 is 34.5. The van der Waals surface area contributed by atoms with Crippen LogP contribution in [0.4, 0.5) is 0 Å². The molecule has 260 valence electrons. The molecule has 13 nitrogen and oxygen atoms in total. The fraction of sp³-hybridized carbons (Fsp3) is 0.500. The van der Waals surface area contributed by atoms with Gasteiger partial charge in [-0.15, -0.1) is 0 Å². The molecule has 1 unspecified atom stereocenters. The van der Waals surface area contributed by atoms with Crippen molar-refractivity contribution in [2.45, 2.75) is 87.1 Å². The first-order valence-corrected chi connectivity index (χ1v) is 16.5. The van der Waals surface area contributed by atoms with Gasteiger partial charge in [-0.2, -0.15) is 0 Å². The molecule has 2 aromatic carbocycles. The Kier molecular flexibility index (Phi) is 8.19. The van der Waals surface area contributed by atoms with Gasteiger partial charge in [0.05, 0.1) is 31.0 Å². The lowest BCUT2D eigenvalue weighted by molar-refractivity contribution is -0.176. The number of ether oxygens (including phenoxy) is 6. The van der Waals surface area contributed by atoms with Crippen LogP contribution < -0.4 is 14.8 Å². The average molecular weight is 677 g/mol. The monoisotopic (exact) mass is 676 g/mol. The molecule has 1 spiro atoms. The number of likely N-dealkylation sites (N-methyl/N-ethyl adjacent to an activating group) is 1. The van der Waals surface area contributed by atoms with Crippen LogP contribution in [0.1, 0.15) is 62.3 Å². The lowest BCUT2D eigenvalue weighted by atomic mass is 9.50. The van der Waals surface area contributed by atoms with Gasteiger partial charge >= 0.3 is 17.9 Å². The molecule has 3 aliphatic heterocycles. The fourth-order valence-corrected chi connectivity index (χ4v) is 8.22. The summed E-state index contributed by atoms with van der Waals surface area (Å²) in [6.07, 6.45) is -0.631. The number of hydrogen-bond acceptors (Lipinski definition) is 12. The number of carbonyl (C=O) groups is 4. The Hall–Kier alpha value is -4.46. The Morgan fingerprint density at radius 3 is 2.63 bits per heavy atom. The summed E-state index contributed by atoms with van der Waals surface area (Å²) in [4.78, 5) is 53.5. The molecule has 2 bridgehead atoms. The van der Waals surface area contributed by atoms with Gasteiger partial charge in [-0.05, 0) is 44.1 Å². The Labute approximate surface area is 283 Å². The van der Waals surface area contributed by atoms with Gasteiger partial charge < -0.3 is 43.7 Å². The minimum absolute atomic E-state index is 0.0976. The number of carbonyl (C=O) groups excluding carboxylic acids is 4. The molecule has 0 saturated carbocycles. The number of esters is 3. The van der Waals surface area contributed by atoms with Crippen LogP contribution in [0.5, 0.6) is 11.5 Å². The third-order valence-electron chi connectivity index (χ3n) is 10.4. The molecule has 0 radical (unpaired) electrons. The van der Waals surface area contributed by atoms with Crippen LogP contribution in [-0.2, 0) is 50.0 Å². The fourth-order valence-electron chi connectivity index (χ4n) is 8.22. The van der Waals surface area contributed by atoms with Crippen molar-refractivity contribution in [3.05, 3.63) is 71.0 Å². The molecule has 2 aliphatic carbocycles. The van der Waals surface area contributed by atoms with Crippen LogP contribution in [0, 0.1) is 0 Å². The zero-order valence-electron chi connectivity index (χ0n) is 27.9. The van der Waals surface area contributed by atoms with Crippen molar-refractivity contribution in [1.82, 2.24) is 10.2 Å². The highest BCUT2D eigenvalue weighted by Gasteiger charge is 2.72. The van der Waals surface area contributed by atoms with Crippen LogP contribution in [0.3, 0.4) is 0 Å². The Bertz CT molecular complexity index is 1720. The number of methoxy groups -OCH3 is 1. The number of rotatable bonds is 10. The van der Waals surface area contributed by atoms with E-state index in [9.17, 15) is 24.3 Å². The van der Waals surface area contributed by atoms with Crippen LogP contribution in [-0.4, -0.2) is 90.7 Å². The third kappa shape index (κ3) is 5.44. The van der Waals surface area contributed by atoms with E-state index in [1.807, 2.05) is 19.2 Å². The van der Waals surface area contributed by atoms with Gasteiger partial charge in [0.25, 0.3) is 0 Å². The van der Waals surface area contributed by atoms with E-state index in [1.54, 1.807) is 57.4 Å². The first kappa shape index (κ1) is 33.1. The predicted molar refractivity (Wildman–Crippen MR) is 170 cm³/mol. The second-order valence-corrected chi connectivity index (χ2v) is 13.7. The quantitative estimate of drug-likeness (QED) is 0.280. The summed E-state index contributed by atoms with van der Waals surface area (Å²) in [7, 11) is 3.58. The van der Waals surface area contributed by atoms with E-state index < -0.39 is 58.9 Å². The maximum absolute atomic E-state index is 13.9. The smallest absolute Gasteiger partial charge is 0.357 e. The average Bonchev–Trinajstić information content (AvgIpc) is 3.55. The first-order valence-electron chi connectivity index (χ1n) is 16.5. The number of aliphatic hydroxyl groups is 1. The lowest BCUT2D eigenvalue weighted by Gasteiger charge is -2.61. The van der Waals surface area contributed by atoms with Crippen molar-refractivity contribution in [2.75, 3.05) is 27.2 Å². The minimum Gasteiger partial charge on any atom is -0.493 e. The maximum Gasteiger partial charge on any atom is 0.357 e. The number of amides is 1. The number of nitrogens with zero attached hydrogens (tertiary/aromatic N) is 1. The summed E-state index contributed by atoms with van der Waals surface area (Å²) in [6.45, 7) is 3.76. The van der Waals surface area contributed by atoms with Crippen molar-refractivity contribution < 1.29 is 52.7 Å². The number of benzene rings is 2. The highest BCUT2D eigenvalue weighted by atomic mass is 16.8. The topological polar surface area (TPSA) is 159 Å². The number of nitrogens with one attached hydrogen (secondary N) is 1. The molecule has 3 heterocycles. The Balaban J connectivity index is 1.07. The summed E-state index contributed by atoms with van der Waals surface area (Å²) in [6, 6.07) is 12.2. The maximum atomic E-state index is 13.9. The molecule has 5 aliphatic rings. The number of piperidine rings is 1. The SMILES string of the molecule is COc1ccc2c3c1OC1C(OC(=O)[C@H](OC(=O)CCNC(=O)C[C@@H]4OC(C)(C)OC4=O)c4ccccc4)=CC[C@@]4(O)[C@@H](C2)N(C)CC[C@]314. The largest absolute Gasteiger partial charge is 0.493 e. The molecule has 6 atom stereocenters. The van der Waals surface area contributed by atoms with Crippen molar-refractivity contribution in [2.24, 2.45) is 0 Å². The molecule has 0 aromatic heterocycles. The van der Waals surface area contributed by atoms with Crippen LogP contribution in [0.15, 0.2) is 54.3 Å². The molecule has 2 saturated heterocycles. The summed E-state index contributed by atoms with van der Waals surface area (Å²) in [5.74, 6) is -2.51. The first-order chi connectivity index (χ1) is 23.4. The Morgan fingerprint density at radius 1 is 1.14 bits per heavy atom.